The number of esters is 1. The molecule has 0 aromatic rings. The lowest BCUT2D eigenvalue weighted by Crippen LogP contribution is -2.21. The molecule has 3 atom stereocenters. The summed E-state index contributed by atoms with van der Waals surface area (Å²) in [7, 11) is 0. The number of ether oxygens (including phenoxy) is 2. The SMILES string of the molecule is CCCCC[C@@H]1O[C@@H]1CC=CCCCCCCCC(=O)OC[C@H](O)CO. The van der Waals surface area contributed by atoms with Crippen molar-refractivity contribution in [1.82, 2.24) is 0 Å². The van der Waals surface area contributed by atoms with Crippen LogP contribution in [0.1, 0.15) is 84.0 Å². The van der Waals surface area contributed by atoms with Crippen LogP contribution in [0, 0.1) is 0 Å². The molecule has 5 nitrogen and oxygen atoms in total. The van der Waals surface area contributed by atoms with Crippen molar-refractivity contribution in [3.8, 4) is 0 Å². The summed E-state index contributed by atoms with van der Waals surface area (Å²) in [5.41, 5.74) is 0. The van der Waals surface area contributed by atoms with Gasteiger partial charge < -0.3 is 19.7 Å². The summed E-state index contributed by atoms with van der Waals surface area (Å²) in [4.78, 5) is 11.4. The highest BCUT2D eigenvalue weighted by molar-refractivity contribution is 5.69. The summed E-state index contributed by atoms with van der Waals surface area (Å²) in [5, 5.41) is 17.7. The number of allylic oxidation sites excluding steroid dienone is 1. The lowest BCUT2D eigenvalue weighted by atomic mass is 10.1. The zero-order chi connectivity index (χ0) is 19.0. The Hall–Kier alpha value is -0.910. The van der Waals surface area contributed by atoms with E-state index in [1.54, 1.807) is 0 Å². The van der Waals surface area contributed by atoms with Crippen LogP contribution in [0.4, 0.5) is 0 Å². The third-order valence-electron chi connectivity index (χ3n) is 4.71. The number of unbranched alkanes of at least 4 members (excludes halogenated alkanes) is 7. The molecular weight excluding hydrogens is 332 g/mol. The Bertz CT molecular complexity index is 383. The van der Waals surface area contributed by atoms with Gasteiger partial charge in [0.25, 0.3) is 0 Å². The Morgan fingerprint density at radius 2 is 1.85 bits per heavy atom. The first-order valence-electron chi connectivity index (χ1n) is 10.4. The maximum atomic E-state index is 11.4. The van der Waals surface area contributed by atoms with E-state index in [4.69, 9.17) is 19.7 Å². The standard InChI is InChI=1S/C21H38O5/c1-2-3-10-13-19-20(26-19)14-11-8-6-4-5-7-9-12-15-21(24)25-17-18(23)16-22/h8,11,18-20,22-23H,2-7,9-10,12-17H2,1H3/t18-,19+,20-/m1/s1. The van der Waals surface area contributed by atoms with Gasteiger partial charge in [-0.2, -0.15) is 0 Å². The van der Waals surface area contributed by atoms with Gasteiger partial charge in [0, 0.05) is 6.42 Å². The minimum Gasteiger partial charge on any atom is -0.463 e. The second kappa shape index (κ2) is 15.2. The summed E-state index contributed by atoms with van der Waals surface area (Å²) in [6.07, 6.45) is 17.6. The van der Waals surface area contributed by atoms with E-state index in [1.165, 1.54) is 38.5 Å². The van der Waals surface area contributed by atoms with Crippen molar-refractivity contribution in [2.45, 2.75) is 102 Å². The molecule has 152 valence electrons. The maximum absolute atomic E-state index is 11.4. The van der Waals surface area contributed by atoms with Gasteiger partial charge in [0.2, 0.25) is 0 Å². The predicted octanol–water partition coefficient (Wildman–Crippen LogP) is 3.91. The summed E-state index contributed by atoms with van der Waals surface area (Å²) >= 11 is 0. The zero-order valence-corrected chi connectivity index (χ0v) is 16.4. The van der Waals surface area contributed by atoms with E-state index in [0.29, 0.717) is 18.6 Å². The molecule has 0 aliphatic carbocycles. The number of carbonyl (C=O) groups is 1. The molecule has 0 aromatic heterocycles. The van der Waals surface area contributed by atoms with E-state index < -0.39 is 6.10 Å². The van der Waals surface area contributed by atoms with Crippen molar-refractivity contribution in [1.29, 1.82) is 0 Å². The van der Waals surface area contributed by atoms with Gasteiger partial charge in [-0.1, -0.05) is 57.6 Å². The van der Waals surface area contributed by atoms with Crippen molar-refractivity contribution >= 4 is 5.97 Å². The van der Waals surface area contributed by atoms with Gasteiger partial charge in [-0.05, 0) is 32.1 Å². The molecule has 1 heterocycles. The van der Waals surface area contributed by atoms with Crippen molar-refractivity contribution in [2.24, 2.45) is 0 Å². The van der Waals surface area contributed by atoms with Crippen molar-refractivity contribution in [3.63, 3.8) is 0 Å². The molecular formula is C21H38O5. The third-order valence-corrected chi connectivity index (χ3v) is 4.71. The van der Waals surface area contributed by atoms with Gasteiger partial charge in [0.1, 0.15) is 12.7 Å². The Kier molecular flexibility index (Phi) is 13.5. The summed E-state index contributed by atoms with van der Waals surface area (Å²) in [6.45, 7) is 1.73. The van der Waals surface area contributed by atoms with E-state index in [0.717, 1.165) is 32.1 Å². The van der Waals surface area contributed by atoms with Gasteiger partial charge in [-0.3, -0.25) is 4.79 Å². The smallest absolute Gasteiger partial charge is 0.305 e. The molecule has 2 N–H and O–H groups in total. The van der Waals surface area contributed by atoms with Crippen molar-refractivity contribution in [2.75, 3.05) is 13.2 Å². The minimum atomic E-state index is -0.967. The molecule has 5 heteroatoms. The topological polar surface area (TPSA) is 79.3 Å². The molecule has 0 unspecified atom stereocenters. The van der Waals surface area contributed by atoms with Crippen molar-refractivity contribution < 1.29 is 24.5 Å². The Morgan fingerprint density at radius 1 is 1.08 bits per heavy atom. The molecule has 1 aliphatic rings. The number of carbonyl (C=O) groups excluding carboxylic acids is 1. The second-order valence-corrected chi connectivity index (χ2v) is 7.24. The summed E-state index contributed by atoms with van der Waals surface area (Å²) in [6, 6.07) is 0. The highest BCUT2D eigenvalue weighted by Crippen LogP contribution is 2.30. The maximum Gasteiger partial charge on any atom is 0.305 e. The highest BCUT2D eigenvalue weighted by atomic mass is 16.6. The van der Waals surface area contributed by atoms with Crippen LogP contribution in [-0.4, -0.2) is 47.7 Å². The molecule has 0 amide bonds. The molecule has 0 radical (unpaired) electrons. The molecule has 1 aliphatic heterocycles. The molecule has 0 bridgehead atoms. The first kappa shape index (κ1) is 23.1. The fraction of sp³-hybridized carbons (Fsp3) is 0.857. The average molecular weight is 371 g/mol. The number of hydrogen-bond donors (Lipinski definition) is 2. The lowest BCUT2D eigenvalue weighted by molar-refractivity contribution is -0.147. The molecule has 0 spiro atoms. The zero-order valence-electron chi connectivity index (χ0n) is 16.4. The van der Waals surface area contributed by atoms with E-state index in [1.807, 2.05) is 0 Å². The Balaban J connectivity index is 1.81. The minimum absolute atomic E-state index is 0.118. The normalized spacial score (nSPS) is 20.4. The number of aliphatic hydroxyl groups is 2. The number of aliphatic hydroxyl groups excluding tert-OH is 2. The van der Waals surface area contributed by atoms with E-state index >= 15 is 0 Å². The summed E-state index contributed by atoms with van der Waals surface area (Å²) < 4.78 is 10.5. The van der Waals surface area contributed by atoms with Crippen LogP contribution >= 0.6 is 0 Å². The van der Waals surface area contributed by atoms with Gasteiger partial charge in [-0.25, -0.2) is 0 Å². The van der Waals surface area contributed by atoms with Crippen LogP contribution in [-0.2, 0) is 14.3 Å². The molecule has 26 heavy (non-hydrogen) atoms. The lowest BCUT2D eigenvalue weighted by Gasteiger charge is -2.08. The Labute approximate surface area is 158 Å². The van der Waals surface area contributed by atoms with Crippen LogP contribution in [0.5, 0.6) is 0 Å². The summed E-state index contributed by atoms with van der Waals surface area (Å²) in [5.74, 6) is -0.296. The Morgan fingerprint density at radius 3 is 2.62 bits per heavy atom. The first-order valence-corrected chi connectivity index (χ1v) is 10.4. The molecule has 0 saturated carbocycles. The van der Waals surface area contributed by atoms with Crippen LogP contribution in [0.25, 0.3) is 0 Å². The first-order chi connectivity index (χ1) is 12.7. The van der Waals surface area contributed by atoms with Crippen molar-refractivity contribution in [3.05, 3.63) is 12.2 Å². The highest BCUT2D eigenvalue weighted by Gasteiger charge is 2.36. The number of epoxide rings is 1. The molecule has 1 rings (SSSR count). The molecule has 0 aromatic carbocycles. The largest absolute Gasteiger partial charge is 0.463 e. The van der Waals surface area contributed by atoms with E-state index in [2.05, 4.69) is 19.1 Å². The van der Waals surface area contributed by atoms with Crippen LogP contribution in [0.2, 0.25) is 0 Å². The number of hydrogen-bond acceptors (Lipinski definition) is 5. The van der Waals surface area contributed by atoms with E-state index in [9.17, 15) is 4.79 Å². The predicted molar refractivity (Wildman–Crippen MR) is 103 cm³/mol. The molecule has 1 fully saturated rings. The van der Waals surface area contributed by atoms with Crippen LogP contribution < -0.4 is 0 Å². The van der Waals surface area contributed by atoms with Crippen LogP contribution in [0.3, 0.4) is 0 Å². The van der Waals surface area contributed by atoms with E-state index in [-0.39, 0.29) is 19.2 Å². The fourth-order valence-corrected chi connectivity index (χ4v) is 2.96. The second-order valence-electron chi connectivity index (χ2n) is 7.24. The third kappa shape index (κ3) is 12.4. The van der Waals surface area contributed by atoms with Crippen LogP contribution in [0.15, 0.2) is 12.2 Å². The average Bonchev–Trinajstić information content (AvgIpc) is 3.39. The fourth-order valence-electron chi connectivity index (χ4n) is 2.96. The van der Waals surface area contributed by atoms with Gasteiger partial charge in [-0.15, -0.1) is 0 Å². The molecule has 1 saturated heterocycles. The van der Waals surface area contributed by atoms with Gasteiger partial charge >= 0.3 is 5.97 Å². The quantitative estimate of drug-likeness (QED) is 0.176. The van der Waals surface area contributed by atoms with Gasteiger partial charge in [0.05, 0.1) is 18.8 Å². The number of rotatable bonds is 17. The van der Waals surface area contributed by atoms with Gasteiger partial charge in [0.15, 0.2) is 0 Å². The monoisotopic (exact) mass is 370 g/mol.